The standard InChI is InChI=1S/C39H56N6O7/c1-25(41-38(51)52-24-27-15-9-6-10-16-27)35(48)43-31(21-34(40)47)36(49)42-30(19-26-13-7-5-8-14-26)33(46)23-45-22-29-18-12-11-17-28(29)20-32(45)37(50)44-39(2,3)4/h5-10,13-16,25,28-33,46H,11-12,17-24H2,1-4H3,(H2,40,47)(H,41,51)(H,42,49)(H,43,48)(H,44,50)/t25-,28?,29?,30-,31-,32-,33+/m0/s1. The largest absolute Gasteiger partial charge is 0.445 e. The Morgan fingerprint density at radius 3 is 2.12 bits per heavy atom. The summed E-state index contributed by atoms with van der Waals surface area (Å²) in [7, 11) is 0. The number of hydrogen-bond donors (Lipinski definition) is 6. The molecule has 1 aliphatic carbocycles. The Labute approximate surface area is 306 Å². The number of nitrogens with two attached hydrogens (primary N) is 1. The number of benzene rings is 2. The highest BCUT2D eigenvalue weighted by Gasteiger charge is 2.42. The number of hydrogen-bond acceptors (Lipinski definition) is 8. The number of rotatable bonds is 15. The lowest BCUT2D eigenvalue weighted by molar-refractivity contribution is -0.134. The third-order valence-corrected chi connectivity index (χ3v) is 9.79. The van der Waals surface area contributed by atoms with E-state index in [4.69, 9.17) is 10.5 Å². The van der Waals surface area contributed by atoms with Crippen LogP contribution in [0.25, 0.3) is 0 Å². The number of carbonyl (C=O) groups excluding carboxylic acids is 5. The van der Waals surface area contributed by atoms with E-state index in [0.29, 0.717) is 24.8 Å². The lowest BCUT2D eigenvalue weighted by atomic mass is 9.72. The summed E-state index contributed by atoms with van der Waals surface area (Å²) in [6, 6.07) is 14.6. The Bertz CT molecular complexity index is 1500. The van der Waals surface area contributed by atoms with E-state index in [1.165, 1.54) is 6.92 Å². The summed E-state index contributed by atoms with van der Waals surface area (Å²) in [5.41, 5.74) is 6.67. The number of aliphatic hydroxyl groups excluding tert-OH is 1. The van der Waals surface area contributed by atoms with Gasteiger partial charge in [-0.15, -0.1) is 0 Å². The Morgan fingerprint density at radius 1 is 0.885 bits per heavy atom. The number of aliphatic hydroxyl groups is 1. The van der Waals surface area contributed by atoms with Crippen molar-refractivity contribution >= 4 is 29.7 Å². The van der Waals surface area contributed by atoms with Gasteiger partial charge in [-0.05, 0) is 69.9 Å². The molecule has 0 aromatic heterocycles. The van der Waals surface area contributed by atoms with Crippen molar-refractivity contribution in [1.82, 2.24) is 26.2 Å². The molecule has 13 nitrogen and oxygen atoms in total. The number of nitrogens with zero attached hydrogens (tertiary/aromatic N) is 1. The Hall–Kier alpha value is -4.49. The predicted octanol–water partition coefficient (Wildman–Crippen LogP) is 2.55. The molecule has 7 atom stereocenters. The van der Waals surface area contributed by atoms with Crippen molar-refractivity contribution in [3.05, 3.63) is 71.8 Å². The normalized spacial score (nSPS) is 21.3. The van der Waals surface area contributed by atoms with Gasteiger partial charge in [0, 0.05) is 18.6 Å². The van der Waals surface area contributed by atoms with Crippen molar-refractivity contribution in [3.8, 4) is 0 Å². The fraction of sp³-hybridized carbons (Fsp3) is 0.564. The van der Waals surface area contributed by atoms with Gasteiger partial charge in [0.15, 0.2) is 0 Å². The van der Waals surface area contributed by atoms with E-state index < -0.39 is 66.0 Å². The van der Waals surface area contributed by atoms with Gasteiger partial charge < -0.3 is 36.8 Å². The van der Waals surface area contributed by atoms with E-state index in [1.54, 1.807) is 12.1 Å². The van der Waals surface area contributed by atoms with Crippen LogP contribution < -0.4 is 27.0 Å². The summed E-state index contributed by atoms with van der Waals surface area (Å²) >= 11 is 0. The quantitative estimate of drug-likeness (QED) is 0.162. The zero-order chi connectivity index (χ0) is 37.8. The summed E-state index contributed by atoms with van der Waals surface area (Å²) in [4.78, 5) is 67.0. The van der Waals surface area contributed by atoms with E-state index in [1.807, 2.05) is 69.3 Å². The van der Waals surface area contributed by atoms with Crippen molar-refractivity contribution in [1.29, 1.82) is 0 Å². The lowest BCUT2D eigenvalue weighted by Crippen LogP contribution is -2.61. The molecule has 0 spiro atoms. The molecule has 1 aliphatic heterocycles. The highest BCUT2D eigenvalue weighted by Crippen LogP contribution is 2.39. The molecule has 0 radical (unpaired) electrons. The highest BCUT2D eigenvalue weighted by atomic mass is 16.5. The van der Waals surface area contributed by atoms with Gasteiger partial charge >= 0.3 is 6.09 Å². The number of ether oxygens (including phenoxy) is 1. The van der Waals surface area contributed by atoms with Gasteiger partial charge in [0.2, 0.25) is 23.6 Å². The maximum atomic E-state index is 13.8. The second-order valence-electron chi connectivity index (χ2n) is 15.3. The summed E-state index contributed by atoms with van der Waals surface area (Å²) in [6.07, 6.45) is 2.94. The molecular weight excluding hydrogens is 664 g/mol. The molecule has 7 N–H and O–H groups in total. The van der Waals surface area contributed by atoms with Crippen LogP contribution in [0.3, 0.4) is 0 Å². The van der Waals surface area contributed by atoms with Gasteiger partial charge in [-0.25, -0.2) is 4.79 Å². The molecule has 1 saturated carbocycles. The number of fused-ring (bicyclic) bond motifs is 1. The van der Waals surface area contributed by atoms with Crippen LogP contribution in [0.5, 0.6) is 0 Å². The molecular formula is C39H56N6O7. The van der Waals surface area contributed by atoms with E-state index in [-0.39, 0.29) is 25.5 Å². The Balaban J connectivity index is 1.47. The summed E-state index contributed by atoms with van der Waals surface area (Å²) < 4.78 is 5.20. The van der Waals surface area contributed by atoms with Crippen LogP contribution in [0.15, 0.2) is 60.7 Å². The van der Waals surface area contributed by atoms with Crippen LogP contribution in [0.4, 0.5) is 4.79 Å². The average molecular weight is 721 g/mol. The molecule has 52 heavy (non-hydrogen) atoms. The minimum Gasteiger partial charge on any atom is -0.445 e. The maximum Gasteiger partial charge on any atom is 0.408 e. The Kier molecular flexibility index (Phi) is 14.6. The van der Waals surface area contributed by atoms with Gasteiger partial charge in [0.05, 0.1) is 24.6 Å². The van der Waals surface area contributed by atoms with Crippen LogP contribution >= 0.6 is 0 Å². The summed E-state index contributed by atoms with van der Waals surface area (Å²) in [5, 5.41) is 22.8. The summed E-state index contributed by atoms with van der Waals surface area (Å²) in [5.74, 6) is -1.50. The third kappa shape index (κ3) is 12.6. The van der Waals surface area contributed by atoms with Crippen LogP contribution in [0.2, 0.25) is 0 Å². The minimum absolute atomic E-state index is 0.000474. The maximum absolute atomic E-state index is 13.8. The monoisotopic (exact) mass is 720 g/mol. The number of carbonyl (C=O) groups is 5. The minimum atomic E-state index is -1.39. The van der Waals surface area contributed by atoms with Gasteiger partial charge in [-0.2, -0.15) is 0 Å². The number of β-amino-alcohol motifs (C(OH)–C–C–N with tert-alkyl or cyclic N) is 1. The van der Waals surface area contributed by atoms with E-state index in [9.17, 15) is 29.1 Å². The number of piperidine rings is 1. The van der Waals surface area contributed by atoms with Crippen molar-refractivity contribution in [2.45, 2.75) is 115 Å². The van der Waals surface area contributed by atoms with Gasteiger partial charge in [-0.1, -0.05) is 79.9 Å². The molecule has 2 aliphatic rings. The molecule has 0 bridgehead atoms. The first kappa shape index (κ1) is 40.3. The van der Waals surface area contributed by atoms with E-state index in [2.05, 4.69) is 26.2 Å². The summed E-state index contributed by atoms with van der Waals surface area (Å²) in [6.45, 7) is 8.03. The number of alkyl carbamates (subject to hydrolysis) is 1. The number of likely N-dealkylation sites (tertiary alicyclic amines) is 1. The third-order valence-electron chi connectivity index (χ3n) is 9.79. The number of nitrogens with one attached hydrogen (secondary N) is 4. The van der Waals surface area contributed by atoms with Gasteiger partial charge in [0.25, 0.3) is 0 Å². The topological polar surface area (TPSA) is 192 Å². The molecule has 284 valence electrons. The number of amides is 5. The molecule has 2 aromatic rings. The van der Waals surface area contributed by atoms with Crippen LogP contribution in [-0.4, -0.2) is 88.6 Å². The van der Waals surface area contributed by atoms with E-state index in [0.717, 1.165) is 36.8 Å². The van der Waals surface area contributed by atoms with E-state index >= 15 is 0 Å². The molecule has 2 unspecified atom stereocenters. The fourth-order valence-corrected chi connectivity index (χ4v) is 7.14. The van der Waals surface area contributed by atoms with Crippen LogP contribution in [0.1, 0.15) is 77.3 Å². The van der Waals surface area contributed by atoms with Crippen molar-refractivity contribution < 1.29 is 33.8 Å². The average Bonchev–Trinajstić information content (AvgIpc) is 3.09. The Morgan fingerprint density at radius 2 is 1.50 bits per heavy atom. The first-order chi connectivity index (χ1) is 24.7. The molecule has 5 amide bonds. The molecule has 4 rings (SSSR count). The predicted molar refractivity (Wildman–Crippen MR) is 196 cm³/mol. The smallest absolute Gasteiger partial charge is 0.408 e. The van der Waals surface area contributed by atoms with Gasteiger partial charge in [0.1, 0.15) is 18.7 Å². The second kappa shape index (κ2) is 18.8. The SMILES string of the molecule is C[C@H](NC(=O)OCc1ccccc1)C(=O)N[C@@H](CC(N)=O)C(=O)N[C@@H](Cc1ccccc1)[C@H](O)CN1CC2CCCCC2C[C@H]1C(=O)NC(C)(C)C. The molecule has 2 fully saturated rings. The second-order valence-corrected chi connectivity index (χ2v) is 15.3. The molecule has 13 heteroatoms. The van der Waals surface area contributed by atoms with Crippen molar-refractivity contribution in [3.63, 3.8) is 0 Å². The lowest BCUT2D eigenvalue weighted by Gasteiger charge is -2.47. The fourth-order valence-electron chi connectivity index (χ4n) is 7.14. The number of primary amides is 1. The zero-order valence-electron chi connectivity index (χ0n) is 30.8. The highest BCUT2D eigenvalue weighted by molar-refractivity contribution is 5.94. The first-order valence-corrected chi connectivity index (χ1v) is 18.3. The van der Waals surface area contributed by atoms with Crippen LogP contribution in [-0.2, 0) is 36.9 Å². The van der Waals surface area contributed by atoms with Crippen molar-refractivity contribution in [2.24, 2.45) is 17.6 Å². The van der Waals surface area contributed by atoms with Crippen LogP contribution in [0, 0.1) is 11.8 Å². The zero-order valence-corrected chi connectivity index (χ0v) is 30.8. The molecule has 1 saturated heterocycles. The molecule has 2 aromatic carbocycles. The first-order valence-electron chi connectivity index (χ1n) is 18.3. The van der Waals surface area contributed by atoms with Crippen molar-refractivity contribution in [2.75, 3.05) is 13.1 Å². The van der Waals surface area contributed by atoms with Gasteiger partial charge in [-0.3, -0.25) is 24.1 Å². The molecule has 1 heterocycles.